The summed E-state index contributed by atoms with van der Waals surface area (Å²) < 4.78 is 5.29. The fourth-order valence-corrected chi connectivity index (χ4v) is 2.15. The van der Waals surface area contributed by atoms with Crippen LogP contribution >= 0.6 is 11.6 Å². The van der Waals surface area contributed by atoms with E-state index in [4.69, 9.17) is 16.3 Å². The van der Waals surface area contributed by atoms with Crippen LogP contribution < -0.4 is 15.4 Å². The van der Waals surface area contributed by atoms with E-state index in [1.807, 2.05) is 27.1 Å². The number of carbonyl (C=O) groups is 1. The average molecular weight is 328 g/mol. The van der Waals surface area contributed by atoms with Gasteiger partial charge in [0.15, 0.2) is 0 Å². The lowest BCUT2D eigenvalue weighted by Gasteiger charge is -2.13. The van der Waals surface area contributed by atoms with Crippen LogP contribution in [0.4, 0.5) is 5.69 Å². The molecule has 2 N–H and O–H groups in total. The number of benzene rings is 1. The third kappa shape index (κ3) is 6.54. The van der Waals surface area contributed by atoms with E-state index < -0.39 is 0 Å². The van der Waals surface area contributed by atoms with Gasteiger partial charge in [0.25, 0.3) is 0 Å². The Labute approximate surface area is 138 Å². The van der Waals surface area contributed by atoms with Crippen molar-refractivity contribution in [2.75, 3.05) is 46.2 Å². The van der Waals surface area contributed by atoms with Crippen LogP contribution in [-0.2, 0) is 4.79 Å². The standard InChI is InChI=1S/C16H26ClN3O2/c1-12-10-14(15(22-4)11-13(12)17)18-8-6-16(21)19-7-5-9-20(2)3/h10-11,18H,5-9H2,1-4H3,(H,19,21). The molecule has 0 aromatic heterocycles. The summed E-state index contributed by atoms with van der Waals surface area (Å²) in [7, 11) is 5.64. The monoisotopic (exact) mass is 327 g/mol. The molecule has 1 aromatic rings. The van der Waals surface area contributed by atoms with Crippen molar-refractivity contribution in [1.29, 1.82) is 0 Å². The smallest absolute Gasteiger partial charge is 0.221 e. The lowest BCUT2D eigenvalue weighted by atomic mass is 10.2. The molecule has 1 rings (SSSR count). The number of hydrogen-bond donors (Lipinski definition) is 2. The van der Waals surface area contributed by atoms with Crippen molar-refractivity contribution in [3.63, 3.8) is 0 Å². The second-order valence-electron chi connectivity index (χ2n) is 5.49. The van der Waals surface area contributed by atoms with Gasteiger partial charge in [-0.05, 0) is 45.6 Å². The van der Waals surface area contributed by atoms with E-state index in [2.05, 4.69) is 15.5 Å². The minimum Gasteiger partial charge on any atom is -0.495 e. The second kappa shape index (κ2) is 9.54. The van der Waals surface area contributed by atoms with Crippen molar-refractivity contribution in [2.24, 2.45) is 0 Å². The van der Waals surface area contributed by atoms with Gasteiger partial charge in [0.05, 0.1) is 12.8 Å². The quantitative estimate of drug-likeness (QED) is 0.684. The van der Waals surface area contributed by atoms with Crippen molar-refractivity contribution in [3.05, 3.63) is 22.7 Å². The highest BCUT2D eigenvalue weighted by atomic mass is 35.5. The third-order valence-electron chi connectivity index (χ3n) is 3.25. The minimum absolute atomic E-state index is 0.0518. The Morgan fingerprint density at radius 3 is 2.68 bits per heavy atom. The maximum Gasteiger partial charge on any atom is 0.221 e. The van der Waals surface area contributed by atoms with Crippen LogP contribution in [0.5, 0.6) is 5.75 Å². The fraction of sp³-hybridized carbons (Fsp3) is 0.562. The Balaban J connectivity index is 2.35. The highest BCUT2D eigenvalue weighted by Crippen LogP contribution is 2.30. The van der Waals surface area contributed by atoms with E-state index in [0.717, 1.165) is 24.2 Å². The van der Waals surface area contributed by atoms with Gasteiger partial charge in [-0.25, -0.2) is 0 Å². The first-order chi connectivity index (χ1) is 10.4. The molecule has 0 aliphatic carbocycles. The van der Waals surface area contributed by atoms with E-state index in [0.29, 0.717) is 30.3 Å². The molecule has 124 valence electrons. The molecule has 0 fully saturated rings. The van der Waals surface area contributed by atoms with Gasteiger partial charge >= 0.3 is 0 Å². The predicted molar refractivity (Wildman–Crippen MR) is 92.0 cm³/mol. The van der Waals surface area contributed by atoms with Crippen LogP contribution in [0.15, 0.2) is 12.1 Å². The summed E-state index contributed by atoms with van der Waals surface area (Å²) in [6.07, 6.45) is 1.38. The molecule has 0 saturated heterocycles. The number of methoxy groups -OCH3 is 1. The van der Waals surface area contributed by atoms with E-state index in [1.54, 1.807) is 13.2 Å². The number of nitrogens with one attached hydrogen (secondary N) is 2. The van der Waals surface area contributed by atoms with Crippen LogP contribution in [0.1, 0.15) is 18.4 Å². The van der Waals surface area contributed by atoms with Crippen molar-refractivity contribution < 1.29 is 9.53 Å². The van der Waals surface area contributed by atoms with Gasteiger partial charge in [-0.3, -0.25) is 4.79 Å². The molecule has 0 saturated carbocycles. The van der Waals surface area contributed by atoms with Gasteiger partial charge in [-0.1, -0.05) is 11.6 Å². The topological polar surface area (TPSA) is 53.6 Å². The normalized spacial score (nSPS) is 10.6. The number of carbonyl (C=O) groups excluding carboxylic acids is 1. The molecule has 0 aliphatic heterocycles. The zero-order valence-corrected chi connectivity index (χ0v) is 14.6. The van der Waals surface area contributed by atoms with E-state index >= 15 is 0 Å². The molecular weight excluding hydrogens is 302 g/mol. The molecule has 0 radical (unpaired) electrons. The van der Waals surface area contributed by atoms with E-state index in [9.17, 15) is 4.79 Å². The number of hydrogen-bond acceptors (Lipinski definition) is 4. The summed E-state index contributed by atoms with van der Waals surface area (Å²) in [5, 5.41) is 6.80. The van der Waals surface area contributed by atoms with E-state index in [-0.39, 0.29) is 5.91 Å². The predicted octanol–water partition coefficient (Wildman–Crippen LogP) is 2.53. The lowest BCUT2D eigenvalue weighted by Crippen LogP contribution is -2.28. The SMILES string of the molecule is COc1cc(Cl)c(C)cc1NCCC(=O)NCCCN(C)C. The molecule has 0 spiro atoms. The molecule has 0 atom stereocenters. The summed E-state index contributed by atoms with van der Waals surface area (Å²) in [5.74, 6) is 0.734. The van der Waals surface area contributed by atoms with Gasteiger partial charge in [0.1, 0.15) is 5.75 Å². The zero-order chi connectivity index (χ0) is 16.5. The van der Waals surface area contributed by atoms with Crippen molar-refractivity contribution in [3.8, 4) is 5.75 Å². The Kier molecular flexibility index (Phi) is 8.06. The minimum atomic E-state index is 0.0518. The Morgan fingerprint density at radius 2 is 2.05 bits per heavy atom. The van der Waals surface area contributed by atoms with Crippen molar-refractivity contribution in [2.45, 2.75) is 19.8 Å². The largest absolute Gasteiger partial charge is 0.495 e. The van der Waals surface area contributed by atoms with E-state index in [1.165, 1.54) is 0 Å². The number of halogens is 1. The first kappa shape index (κ1) is 18.6. The highest BCUT2D eigenvalue weighted by Gasteiger charge is 2.07. The molecular formula is C16H26ClN3O2. The molecule has 6 heteroatoms. The summed E-state index contributed by atoms with van der Waals surface area (Å²) in [5.41, 5.74) is 1.82. The molecule has 22 heavy (non-hydrogen) atoms. The summed E-state index contributed by atoms with van der Waals surface area (Å²) >= 11 is 6.07. The molecule has 5 nitrogen and oxygen atoms in total. The number of amides is 1. The first-order valence-electron chi connectivity index (χ1n) is 7.43. The molecule has 0 aliphatic rings. The molecule has 0 unspecified atom stereocenters. The molecule has 1 aromatic carbocycles. The number of anilines is 1. The number of rotatable bonds is 9. The van der Waals surface area contributed by atoms with Crippen molar-refractivity contribution in [1.82, 2.24) is 10.2 Å². The maximum atomic E-state index is 11.7. The summed E-state index contributed by atoms with van der Waals surface area (Å²) in [6, 6.07) is 3.71. The van der Waals surface area contributed by atoms with Crippen LogP contribution in [0, 0.1) is 6.92 Å². The van der Waals surface area contributed by atoms with Gasteiger partial charge in [-0.2, -0.15) is 0 Å². The Bertz CT molecular complexity index is 493. The van der Waals surface area contributed by atoms with Gasteiger partial charge in [0.2, 0.25) is 5.91 Å². The van der Waals surface area contributed by atoms with Gasteiger partial charge < -0.3 is 20.3 Å². The van der Waals surface area contributed by atoms with Crippen molar-refractivity contribution >= 4 is 23.2 Å². The van der Waals surface area contributed by atoms with Crippen LogP contribution in [0.2, 0.25) is 5.02 Å². The Hall–Kier alpha value is -1.46. The average Bonchev–Trinajstić information content (AvgIpc) is 2.46. The number of aryl methyl sites for hydroxylation is 1. The molecule has 0 bridgehead atoms. The van der Waals surface area contributed by atoms with Gasteiger partial charge in [-0.15, -0.1) is 0 Å². The maximum absolute atomic E-state index is 11.7. The van der Waals surface area contributed by atoms with Crippen LogP contribution in [-0.4, -0.2) is 51.6 Å². The summed E-state index contributed by atoms with van der Waals surface area (Å²) in [6.45, 7) is 4.17. The first-order valence-corrected chi connectivity index (χ1v) is 7.81. The van der Waals surface area contributed by atoms with Gasteiger partial charge in [0, 0.05) is 30.6 Å². The zero-order valence-electron chi connectivity index (χ0n) is 13.8. The Morgan fingerprint density at radius 1 is 1.32 bits per heavy atom. The van der Waals surface area contributed by atoms with Crippen LogP contribution in [0.25, 0.3) is 0 Å². The molecule has 0 heterocycles. The fourth-order valence-electron chi connectivity index (χ4n) is 1.99. The highest BCUT2D eigenvalue weighted by molar-refractivity contribution is 6.31. The second-order valence-corrected chi connectivity index (χ2v) is 5.89. The molecule has 1 amide bonds. The summed E-state index contributed by atoms with van der Waals surface area (Å²) in [4.78, 5) is 13.8. The van der Waals surface area contributed by atoms with Crippen LogP contribution in [0.3, 0.4) is 0 Å². The lowest BCUT2D eigenvalue weighted by molar-refractivity contribution is -0.120. The third-order valence-corrected chi connectivity index (χ3v) is 3.66. The number of nitrogens with zero attached hydrogens (tertiary/aromatic N) is 1. The number of ether oxygens (including phenoxy) is 1.